The molecule has 0 spiro atoms. The van der Waals surface area contributed by atoms with E-state index in [-0.39, 0.29) is 55.0 Å². The standard InChI is InChI=1S/C22H27N3O4/c1-14-8-9-15(2)18(12-14)23-19(26)13-24(3)20(27)10-11-25-21(28)16-6-4-5-7-17(16)22(25)29/h4-5,8-9,12,16-17H,6-7,10-11,13H2,1-3H3,(H,23,26)/t16-,17-/m1/s1. The van der Waals surface area contributed by atoms with Crippen LogP contribution in [0.1, 0.15) is 30.4 Å². The van der Waals surface area contributed by atoms with Crippen LogP contribution in [-0.2, 0) is 19.2 Å². The van der Waals surface area contributed by atoms with Gasteiger partial charge in [0.2, 0.25) is 23.6 Å². The number of allylic oxidation sites excluding steroid dienone is 2. The molecule has 2 atom stereocenters. The molecule has 0 bridgehead atoms. The van der Waals surface area contributed by atoms with E-state index >= 15 is 0 Å². The summed E-state index contributed by atoms with van der Waals surface area (Å²) in [5.41, 5.74) is 2.70. The Kier molecular flexibility index (Phi) is 6.15. The highest BCUT2D eigenvalue weighted by atomic mass is 16.2. The predicted octanol–water partition coefficient (Wildman–Crippen LogP) is 2.04. The van der Waals surface area contributed by atoms with Crippen molar-refractivity contribution < 1.29 is 19.2 Å². The first kappa shape index (κ1) is 20.8. The number of imide groups is 1. The van der Waals surface area contributed by atoms with E-state index in [2.05, 4.69) is 5.32 Å². The van der Waals surface area contributed by atoms with E-state index in [0.717, 1.165) is 16.8 Å². The van der Waals surface area contributed by atoms with E-state index in [1.54, 1.807) is 7.05 Å². The van der Waals surface area contributed by atoms with Crippen molar-refractivity contribution in [2.45, 2.75) is 33.1 Å². The molecule has 1 saturated heterocycles. The van der Waals surface area contributed by atoms with Crippen LogP contribution in [0.4, 0.5) is 5.69 Å². The summed E-state index contributed by atoms with van der Waals surface area (Å²) < 4.78 is 0. The first-order valence-electron chi connectivity index (χ1n) is 9.89. The number of likely N-dealkylation sites (N-methyl/N-ethyl adjacent to an activating group) is 1. The fraction of sp³-hybridized carbons (Fsp3) is 0.455. The van der Waals surface area contributed by atoms with Gasteiger partial charge in [0.15, 0.2) is 0 Å². The molecule has 2 aliphatic rings. The number of amides is 4. The van der Waals surface area contributed by atoms with Gasteiger partial charge in [-0.1, -0.05) is 24.3 Å². The van der Waals surface area contributed by atoms with Gasteiger partial charge in [-0.25, -0.2) is 0 Å². The topological polar surface area (TPSA) is 86.8 Å². The maximum Gasteiger partial charge on any atom is 0.243 e. The Morgan fingerprint density at radius 1 is 1.10 bits per heavy atom. The third-order valence-corrected chi connectivity index (χ3v) is 5.62. The van der Waals surface area contributed by atoms with Crippen LogP contribution >= 0.6 is 0 Å². The second kappa shape index (κ2) is 8.59. The molecule has 0 unspecified atom stereocenters. The van der Waals surface area contributed by atoms with Crippen LogP contribution in [0.2, 0.25) is 0 Å². The van der Waals surface area contributed by atoms with Gasteiger partial charge in [0.05, 0.1) is 18.4 Å². The number of nitrogens with zero attached hydrogens (tertiary/aromatic N) is 2. The van der Waals surface area contributed by atoms with Crippen LogP contribution in [-0.4, -0.2) is 53.6 Å². The van der Waals surface area contributed by atoms with Crippen molar-refractivity contribution >= 4 is 29.3 Å². The molecule has 4 amide bonds. The number of likely N-dealkylation sites (tertiary alicyclic amines) is 1. The number of hydrogen-bond donors (Lipinski definition) is 1. The molecule has 1 aromatic rings. The minimum Gasteiger partial charge on any atom is -0.336 e. The summed E-state index contributed by atoms with van der Waals surface area (Å²) in [5, 5.41) is 2.82. The molecular weight excluding hydrogens is 370 g/mol. The van der Waals surface area contributed by atoms with E-state index < -0.39 is 0 Å². The van der Waals surface area contributed by atoms with Crippen molar-refractivity contribution in [1.82, 2.24) is 9.80 Å². The number of nitrogens with one attached hydrogen (secondary N) is 1. The van der Waals surface area contributed by atoms with Crippen molar-refractivity contribution in [2.75, 3.05) is 25.5 Å². The smallest absolute Gasteiger partial charge is 0.243 e. The lowest BCUT2D eigenvalue weighted by molar-refractivity contribution is -0.141. The van der Waals surface area contributed by atoms with Crippen molar-refractivity contribution in [3.63, 3.8) is 0 Å². The van der Waals surface area contributed by atoms with Gasteiger partial charge in [0, 0.05) is 25.7 Å². The largest absolute Gasteiger partial charge is 0.336 e. The van der Waals surface area contributed by atoms with Crippen molar-refractivity contribution in [2.24, 2.45) is 11.8 Å². The summed E-state index contributed by atoms with van der Waals surface area (Å²) in [7, 11) is 1.54. The van der Waals surface area contributed by atoms with E-state index in [1.165, 1.54) is 9.80 Å². The number of anilines is 1. The highest BCUT2D eigenvalue weighted by Crippen LogP contribution is 2.35. The van der Waals surface area contributed by atoms with Gasteiger partial charge in [-0.3, -0.25) is 24.1 Å². The molecule has 0 aromatic heterocycles. The Morgan fingerprint density at radius 3 is 2.34 bits per heavy atom. The number of carbonyl (C=O) groups is 4. The second-order valence-electron chi connectivity index (χ2n) is 7.85. The summed E-state index contributed by atoms with van der Waals surface area (Å²) in [6, 6.07) is 5.78. The molecule has 0 saturated carbocycles. The van der Waals surface area contributed by atoms with E-state index in [9.17, 15) is 19.2 Å². The third-order valence-electron chi connectivity index (χ3n) is 5.62. The molecule has 0 radical (unpaired) electrons. The molecule has 7 heteroatoms. The average molecular weight is 397 g/mol. The normalized spacial score (nSPS) is 20.6. The molecule has 1 aliphatic heterocycles. The lowest BCUT2D eigenvalue weighted by atomic mass is 9.85. The van der Waals surface area contributed by atoms with Crippen molar-refractivity contribution in [3.05, 3.63) is 41.5 Å². The zero-order valence-corrected chi connectivity index (χ0v) is 17.1. The predicted molar refractivity (Wildman–Crippen MR) is 109 cm³/mol. The molecule has 1 fully saturated rings. The maximum atomic E-state index is 12.5. The highest BCUT2D eigenvalue weighted by molar-refractivity contribution is 6.05. The van der Waals surface area contributed by atoms with Gasteiger partial charge in [-0.05, 0) is 43.9 Å². The number of carbonyl (C=O) groups excluding carboxylic acids is 4. The zero-order valence-electron chi connectivity index (χ0n) is 17.1. The summed E-state index contributed by atoms with van der Waals surface area (Å²) in [6.07, 6.45) is 5.04. The van der Waals surface area contributed by atoms with E-state index in [0.29, 0.717) is 12.8 Å². The number of rotatable bonds is 6. The van der Waals surface area contributed by atoms with Gasteiger partial charge in [0.1, 0.15) is 0 Å². The molecule has 1 aliphatic carbocycles. The summed E-state index contributed by atoms with van der Waals surface area (Å²) in [4.78, 5) is 52.2. The molecule has 3 rings (SSSR count). The Bertz CT molecular complexity index is 851. The van der Waals surface area contributed by atoms with Crippen LogP contribution in [0.25, 0.3) is 0 Å². The van der Waals surface area contributed by atoms with Gasteiger partial charge >= 0.3 is 0 Å². The average Bonchev–Trinajstić information content (AvgIpc) is 2.93. The molecule has 1 N–H and O–H groups in total. The highest BCUT2D eigenvalue weighted by Gasteiger charge is 2.46. The minimum atomic E-state index is -0.292. The van der Waals surface area contributed by atoms with Crippen molar-refractivity contribution in [3.8, 4) is 0 Å². The quantitative estimate of drug-likeness (QED) is 0.588. The first-order valence-corrected chi connectivity index (χ1v) is 9.89. The Morgan fingerprint density at radius 2 is 1.72 bits per heavy atom. The van der Waals surface area contributed by atoms with Crippen LogP contribution in [0, 0.1) is 25.7 Å². The fourth-order valence-corrected chi connectivity index (χ4v) is 3.85. The van der Waals surface area contributed by atoms with Gasteiger partial charge < -0.3 is 10.2 Å². The van der Waals surface area contributed by atoms with E-state index in [4.69, 9.17) is 0 Å². The van der Waals surface area contributed by atoms with Crippen molar-refractivity contribution in [1.29, 1.82) is 0 Å². The Balaban J connectivity index is 1.50. The monoisotopic (exact) mass is 397 g/mol. The fourth-order valence-electron chi connectivity index (χ4n) is 3.85. The zero-order chi connectivity index (χ0) is 21.1. The summed E-state index contributed by atoms with van der Waals surface area (Å²) in [6.45, 7) is 3.81. The maximum absolute atomic E-state index is 12.5. The molecule has 1 heterocycles. The van der Waals surface area contributed by atoms with Crippen LogP contribution < -0.4 is 5.32 Å². The van der Waals surface area contributed by atoms with E-state index in [1.807, 2.05) is 44.2 Å². The minimum absolute atomic E-state index is 0.0115. The Labute approximate surface area is 170 Å². The molecule has 1 aromatic carbocycles. The number of benzene rings is 1. The lowest BCUT2D eigenvalue weighted by Crippen LogP contribution is -2.38. The van der Waals surface area contributed by atoms with Gasteiger partial charge in [0.25, 0.3) is 0 Å². The molecular formula is C22H27N3O4. The Hall–Kier alpha value is -2.96. The molecule has 154 valence electrons. The number of fused-ring (bicyclic) bond motifs is 1. The lowest BCUT2D eigenvalue weighted by Gasteiger charge is -2.20. The SMILES string of the molecule is Cc1ccc(C)c(NC(=O)CN(C)C(=O)CCN2C(=O)[C@@H]3CC=CC[C@H]3C2=O)c1. The number of hydrogen-bond acceptors (Lipinski definition) is 4. The summed E-state index contributed by atoms with van der Waals surface area (Å²) >= 11 is 0. The molecule has 7 nitrogen and oxygen atoms in total. The van der Waals surface area contributed by atoms with Gasteiger partial charge in [-0.2, -0.15) is 0 Å². The van der Waals surface area contributed by atoms with Crippen LogP contribution in [0.5, 0.6) is 0 Å². The third kappa shape index (κ3) is 4.55. The molecule has 29 heavy (non-hydrogen) atoms. The van der Waals surface area contributed by atoms with Gasteiger partial charge in [-0.15, -0.1) is 0 Å². The summed E-state index contributed by atoms with van der Waals surface area (Å²) in [5.74, 6) is -1.53. The van der Waals surface area contributed by atoms with Crippen LogP contribution in [0.15, 0.2) is 30.4 Å². The van der Waals surface area contributed by atoms with Crippen LogP contribution in [0.3, 0.4) is 0 Å². The first-order chi connectivity index (χ1) is 13.8. The second-order valence-corrected chi connectivity index (χ2v) is 7.85. The number of aryl methyl sites for hydroxylation is 2.